The fourth-order valence-electron chi connectivity index (χ4n) is 3.44. The molecule has 0 fully saturated rings. The Morgan fingerprint density at radius 1 is 1.14 bits per heavy atom. The van der Waals surface area contributed by atoms with E-state index in [0.717, 1.165) is 16.7 Å². The maximum atomic E-state index is 12.8. The predicted octanol–water partition coefficient (Wildman–Crippen LogP) is 5.91. The van der Waals surface area contributed by atoms with E-state index in [1.54, 1.807) is 16.7 Å². The van der Waals surface area contributed by atoms with Gasteiger partial charge in [-0.05, 0) is 43.2 Å². The molecule has 4 rings (SSSR count). The Morgan fingerprint density at radius 3 is 2.59 bits per heavy atom. The number of aromatic nitrogens is 3. The van der Waals surface area contributed by atoms with E-state index in [0.29, 0.717) is 37.9 Å². The summed E-state index contributed by atoms with van der Waals surface area (Å²) in [5, 5.41) is 14.7. The molecule has 37 heavy (non-hydrogen) atoms. The first-order chi connectivity index (χ1) is 17.8. The SMILES string of the molecule is COC(=O)c1c(-c2ccc(C)cc2)csc1NC(=O)CSc1nnc(COc2ccc(Cl)c(C)c2)n1C. The number of carbonyl (C=O) groups is 2. The molecule has 11 heteroatoms. The van der Waals surface area contributed by atoms with Gasteiger partial charge in [-0.1, -0.05) is 53.2 Å². The van der Waals surface area contributed by atoms with Gasteiger partial charge in [0.15, 0.2) is 11.0 Å². The number of methoxy groups -OCH3 is 1. The van der Waals surface area contributed by atoms with Crippen molar-refractivity contribution in [1.82, 2.24) is 14.8 Å². The second kappa shape index (κ2) is 11.8. The van der Waals surface area contributed by atoms with Crippen LogP contribution in [0.3, 0.4) is 0 Å². The molecule has 0 saturated carbocycles. The van der Waals surface area contributed by atoms with Crippen LogP contribution in [-0.2, 0) is 23.2 Å². The van der Waals surface area contributed by atoms with Gasteiger partial charge < -0.3 is 19.4 Å². The molecule has 0 bridgehead atoms. The largest absolute Gasteiger partial charge is 0.486 e. The molecule has 0 aliphatic carbocycles. The second-order valence-corrected chi connectivity index (χ2v) is 10.4. The molecule has 0 saturated heterocycles. The topological polar surface area (TPSA) is 95.3 Å². The van der Waals surface area contributed by atoms with Crippen LogP contribution in [-0.4, -0.2) is 39.5 Å². The molecular formula is C26H25ClN4O4S2. The van der Waals surface area contributed by atoms with Crippen molar-refractivity contribution in [3.8, 4) is 16.9 Å². The number of amides is 1. The van der Waals surface area contributed by atoms with Gasteiger partial charge in [0.1, 0.15) is 22.9 Å². The number of nitrogens with zero attached hydrogens (tertiary/aromatic N) is 3. The van der Waals surface area contributed by atoms with E-state index < -0.39 is 5.97 Å². The third-order valence-corrected chi connectivity index (χ3v) is 7.89. The molecule has 1 amide bonds. The van der Waals surface area contributed by atoms with Crippen molar-refractivity contribution >= 4 is 51.6 Å². The van der Waals surface area contributed by atoms with E-state index in [2.05, 4.69) is 15.5 Å². The minimum absolute atomic E-state index is 0.0849. The zero-order chi connectivity index (χ0) is 26.5. The van der Waals surface area contributed by atoms with E-state index in [1.165, 1.54) is 30.2 Å². The van der Waals surface area contributed by atoms with Crippen molar-refractivity contribution in [2.75, 3.05) is 18.2 Å². The molecule has 0 aliphatic heterocycles. The smallest absolute Gasteiger partial charge is 0.341 e. The maximum absolute atomic E-state index is 12.8. The quantitative estimate of drug-likeness (QED) is 0.202. The molecule has 2 heterocycles. The number of rotatable bonds is 9. The van der Waals surface area contributed by atoms with Crippen LogP contribution >= 0.6 is 34.7 Å². The number of esters is 1. The highest BCUT2D eigenvalue weighted by atomic mass is 35.5. The summed E-state index contributed by atoms with van der Waals surface area (Å²) in [6.45, 7) is 4.12. The number of ether oxygens (including phenoxy) is 2. The first-order valence-electron chi connectivity index (χ1n) is 11.2. The number of carbonyl (C=O) groups excluding carboxylic acids is 2. The summed E-state index contributed by atoms with van der Waals surface area (Å²) in [7, 11) is 3.14. The average molecular weight is 557 g/mol. The summed E-state index contributed by atoms with van der Waals surface area (Å²) in [5.74, 6) is 0.602. The van der Waals surface area contributed by atoms with Crippen molar-refractivity contribution in [3.05, 3.63) is 75.4 Å². The number of anilines is 1. The Balaban J connectivity index is 1.39. The van der Waals surface area contributed by atoms with Gasteiger partial charge in [0.2, 0.25) is 5.91 Å². The Kier molecular flexibility index (Phi) is 8.52. The van der Waals surface area contributed by atoms with Crippen molar-refractivity contribution in [1.29, 1.82) is 0 Å². The van der Waals surface area contributed by atoms with E-state index in [-0.39, 0.29) is 18.3 Å². The minimum Gasteiger partial charge on any atom is -0.486 e. The van der Waals surface area contributed by atoms with Crippen LogP contribution in [0.5, 0.6) is 5.75 Å². The highest BCUT2D eigenvalue weighted by molar-refractivity contribution is 7.99. The summed E-state index contributed by atoms with van der Waals surface area (Å²) in [5.41, 5.74) is 3.97. The second-order valence-electron chi connectivity index (χ2n) is 8.21. The van der Waals surface area contributed by atoms with Gasteiger partial charge in [-0.15, -0.1) is 21.5 Å². The fraction of sp³-hybridized carbons (Fsp3) is 0.231. The highest BCUT2D eigenvalue weighted by Crippen LogP contribution is 2.36. The average Bonchev–Trinajstić information content (AvgIpc) is 3.46. The lowest BCUT2D eigenvalue weighted by atomic mass is 10.0. The summed E-state index contributed by atoms with van der Waals surface area (Å²) >= 11 is 8.59. The number of hydrogen-bond donors (Lipinski definition) is 1. The van der Waals surface area contributed by atoms with Crippen LogP contribution in [0.25, 0.3) is 11.1 Å². The first-order valence-corrected chi connectivity index (χ1v) is 13.5. The van der Waals surface area contributed by atoms with E-state index in [9.17, 15) is 9.59 Å². The van der Waals surface area contributed by atoms with Crippen molar-refractivity contribution in [3.63, 3.8) is 0 Å². The third kappa shape index (κ3) is 6.33. The van der Waals surface area contributed by atoms with Gasteiger partial charge >= 0.3 is 5.97 Å². The molecule has 4 aromatic rings. The van der Waals surface area contributed by atoms with Crippen LogP contribution in [0.1, 0.15) is 27.3 Å². The Morgan fingerprint density at radius 2 is 1.89 bits per heavy atom. The van der Waals surface area contributed by atoms with E-state index in [1.807, 2.05) is 56.6 Å². The number of halogens is 1. The van der Waals surface area contributed by atoms with Gasteiger partial charge in [-0.2, -0.15) is 0 Å². The highest BCUT2D eigenvalue weighted by Gasteiger charge is 2.22. The van der Waals surface area contributed by atoms with Crippen LogP contribution in [0, 0.1) is 13.8 Å². The lowest BCUT2D eigenvalue weighted by Crippen LogP contribution is -2.16. The van der Waals surface area contributed by atoms with Crippen molar-refractivity contribution in [2.45, 2.75) is 25.6 Å². The Bertz CT molecular complexity index is 1430. The van der Waals surface area contributed by atoms with Crippen LogP contribution < -0.4 is 10.1 Å². The molecule has 0 radical (unpaired) electrons. The zero-order valence-corrected chi connectivity index (χ0v) is 23.1. The summed E-state index contributed by atoms with van der Waals surface area (Å²) in [6, 6.07) is 13.3. The minimum atomic E-state index is -0.506. The summed E-state index contributed by atoms with van der Waals surface area (Å²) < 4.78 is 12.6. The number of nitrogens with one attached hydrogen (secondary N) is 1. The van der Waals surface area contributed by atoms with E-state index in [4.69, 9.17) is 21.1 Å². The van der Waals surface area contributed by atoms with Crippen LogP contribution in [0.2, 0.25) is 5.02 Å². The number of thiophene rings is 1. The number of benzene rings is 2. The van der Waals surface area contributed by atoms with E-state index >= 15 is 0 Å². The monoisotopic (exact) mass is 556 g/mol. The molecule has 1 N–H and O–H groups in total. The fourth-order valence-corrected chi connectivity index (χ4v) is 5.27. The van der Waals surface area contributed by atoms with Crippen molar-refractivity contribution in [2.24, 2.45) is 7.05 Å². The molecule has 0 unspecified atom stereocenters. The Hall–Kier alpha value is -3.34. The summed E-state index contributed by atoms with van der Waals surface area (Å²) in [6.07, 6.45) is 0. The van der Waals surface area contributed by atoms with Gasteiger partial charge in [-0.25, -0.2) is 4.79 Å². The third-order valence-electron chi connectivity index (χ3n) is 5.55. The van der Waals surface area contributed by atoms with Crippen molar-refractivity contribution < 1.29 is 19.1 Å². The molecule has 0 atom stereocenters. The number of aryl methyl sites for hydroxylation is 2. The molecule has 192 valence electrons. The summed E-state index contributed by atoms with van der Waals surface area (Å²) in [4.78, 5) is 25.3. The van der Waals surface area contributed by atoms with Gasteiger partial charge in [-0.3, -0.25) is 4.79 Å². The molecule has 8 nitrogen and oxygen atoms in total. The lowest BCUT2D eigenvalue weighted by molar-refractivity contribution is -0.113. The molecule has 0 spiro atoms. The molecular weight excluding hydrogens is 532 g/mol. The predicted molar refractivity (Wildman–Crippen MR) is 147 cm³/mol. The zero-order valence-electron chi connectivity index (χ0n) is 20.7. The Labute approximate surface area is 228 Å². The number of thioether (sulfide) groups is 1. The lowest BCUT2D eigenvalue weighted by Gasteiger charge is -2.09. The maximum Gasteiger partial charge on any atom is 0.341 e. The molecule has 2 aromatic carbocycles. The van der Waals surface area contributed by atoms with Gasteiger partial charge in [0.05, 0.1) is 12.9 Å². The van der Waals surface area contributed by atoms with Crippen LogP contribution in [0.4, 0.5) is 5.00 Å². The molecule has 2 aromatic heterocycles. The standard InChI is InChI=1S/C26H25ClN4O4S2/c1-15-5-7-17(8-6-15)19-13-36-24(23(19)25(33)34-4)28-22(32)14-37-26-30-29-21(31(26)3)12-35-18-9-10-20(27)16(2)11-18/h5-11,13H,12,14H2,1-4H3,(H,28,32). The number of hydrogen-bond acceptors (Lipinski definition) is 8. The van der Waals surface area contributed by atoms with Gasteiger partial charge in [0, 0.05) is 23.0 Å². The first kappa shape index (κ1) is 26.7. The van der Waals surface area contributed by atoms with Crippen LogP contribution in [0.15, 0.2) is 53.0 Å². The van der Waals surface area contributed by atoms with Gasteiger partial charge in [0.25, 0.3) is 0 Å². The molecule has 0 aliphatic rings. The normalized spacial score (nSPS) is 10.8.